The average Bonchev–Trinajstić information content (AvgIpc) is 3.01. The summed E-state index contributed by atoms with van der Waals surface area (Å²) in [6, 6.07) is 13.3. The van der Waals surface area contributed by atoms with Gasteiger partial charge in [-0.3, -0.25) is 9.59 Å². The smallest absolute Gasteiger partial charge is 0.282 e. The van der Waals surface area contributed by atoms with Crippen molar-refractivity contribution in [3.8, 4) is 0 Å². The summed E-state index contributed by atoms with van der Waals surface area (Å²) < 4.78 is 0. The first-order chi connectivity index (χ1) is 14.8. The van der Waals surface area contributed by atoms with E-state index in [4.69, 9.17) is 11.6 Å². The van der Waals surface area contributed by atoms with Crippen LogP contribution in [0.15, 0.2) is 48.2 Å². The Bertz CT molecular complexity index is 1050. The van der Waals surface area contributed by atoms with Crippen molar-refractivity contribution >= 4 is 34.7 Å². The van der Waals surface area contributed by atoms with Crippen molar-refractivity contribution < 1.29 is 9.59 Å². The molecule has 0 N–H and O–H groups in total. The number of amides is 2. The number of benzene rings is 2. The van der Waals surface area contributed by atoms with Crippen molar-refractivity contribution in [1.82, 2.24) is 9.80 Å². The summed E-state index contributed by atoms with van der Waals surface area (Å²) in [5.74, 6) is -0.582. The van der Waals surface area contributed by atoms with Crippen LogP contribution in [0.2, 0.25) is 5.02 Å². The van der Waals surface area contributed by atoms with Crippen LogP contribution in [0.5, 0.6) is 0 Å². The lowest BCUT2D eigenvalue weighted by molar-refractivity contribution is -0.120. The number of hydrogen-bond donors (Lipinski definition) is 0. The molecule has 4 rings (SSSR count). The van der Waals surface area contributed by atoms with Gasteiger partial charge in [0, 0.05) is 18.1 Å². The zero-order valence-electron chi connectivity index (χ0n) is 18.5. The van der Waals surface area contributed by atoms with Crippen LogP contribution in [-0.4, -0.2) is 54.8 Å². The minimum absolute atomic E-state index is 0.212. The highest BCUT2D eigenvalue weighted by atomic mass is 35.5. The molecule has 0 unspecified atom stereocenters. The minimum Gasteiger partial charge on any atom is -0.366 e. The Labute approximate surface area is 188 Å². The lowest BCUT2D eigenvalue weighted by Crippen LogP contribution is -2.43. The topological polar surface area (TPSA) is 43.9 Å². The van der Waals surface area contributed by atoms with E-state index in [1.807, 2.05) is 50.1 Å². The van der Waals surface area contributed by atoms with Crippen LogP contribution in [0.4, 0.5) is 5.69 Å². The van der Waals surface area contributed by atoms with E-state index in [0.717, 1.165) is 42.6 Å². The maximum absolute atomic E-state index is 13.7. The molecule has 2 aliphatic heterocycles. The van der Waals surface area contributed by atoms with Gasteiger partial charge in [-0.15, -0.1) is 0 Å². The molecule has 0 aromatic heterocycles. The molecule has 2 amide bonds. The number of halogens is 1. The third-order valence-electron chi connectivity index (χ3n) is 6.47. The molecule has 0 saturated carbocycles. The molecule has 2 heterocycles. The summed E-state index contributed by atoms with van der Waals surface area (Å²) in [6.07, 6.45) is 1.91. The fourth-order valence-corrected chi connectivity index (χ4v) is 4.62. The predicted octanol–water partition coefficient (Wildman–Crippen LogP) is 4.27. The van der Waals surface area contributed by atoms with Crippen molar-refractivity contribution in [2.75, 3.05) is 32.1 Å². The van der Waals surface area contributed by atoms with Crippen LogP contribution in [0.25, 0.3) is 5.57 Å². The van der Waals surface area contributed by atoms with Gasteiger partial charge in [0.25, 0.3) is 11.8 Å². The Morgan fingerprint density at radius 1 is 0.968 bits per heavy atom. The number of likely N-dealkylation sites (N-methyl/N-ethyl adjacent to an activating group) is 1. The van der Waals surface area contributed by atoms with Gasteiger partial charge in [-0.25, -0.2) is 4.90 Å². The molecule has 2 aromatic rings. The Hall–Kier alpha value is -2.63. The molecule has 1 fully saturated rings. The molecule has 162 valence electrons. The first-order valence-corrected chi connectivity index (χ1v) is 11.0. The molecule has 2 aromatic carbocycles. The Morgan fingerprint density at radius 2 is 1.61 bits per heavy atom. The number of aryl methyl sites for hydroxylation is 1. The fourth-order valence-electron chi connectivity index (χ4n) is 4.45. The summed E-state index contributed by atoms with van der Waals surface area (Å²) in [4.78, 5) is 33.0. The SMILES string of the molecule is Cc1ccc(C2=C(N(C)C3CCN(C)CC3)C(=O)N(c3cccc(Cl)c3C)C2=O)cc1. The van der Waals surface area contributed by atoms with E-state index in [2.05, 4.69) is 11.9 Å². The zero-order valence-corrected chi connectivity index (χ0v) is 19.2. The highest BCUT2D eigenvalue weighted by Gasteiger charge is 2.43. The van der Waals surface area contributed by atoms with Crippen molar-refractivity contribution in [3.63, 3.8) is 0 Å². The fraction of sp³-hybridized carbons (Fsp3) is 0.360. The molecule has 6 heteroatoms. The Kier molecular flexibility index (Phi) is 5.91. The van der Waals surface area contributed by atoms with E-state index in [-0.39, 0.29) is 17.9 Å². The van der Waals surface area contributed by atoms with Crippen LogP contribution in [0.1, 0.15) is 29.5 Å². The maximum Gasteiger partial charge on any atom is 0.282 e. The third kappa shape index (κ3) is 3.88. The van der Waals surface area contributed by atoms with Gasteiger partial charge >= 0.3 is 0 Å². The lowest BCUT2D eigenvalue weighted by atomic mass is 9.99. The molecule has 0 bridgehead atoms. The van der Waals surface area contributed by atoms with Gasteiger partial charge in [0.05, 0.1) is 11.3 Å². The maximum atomic E-state index is 13.7. The first kappa shape index (κ1) is 21.6. The highest BCUT2D eigenvalue weighted by molar-refractivity contribution is 6.46. The molecule has 1 saturated heterocycles. The summed E-state index contributed by atoms with van der Waals surface area (Å²) in [5.41, 5.74) is 4.07. The third-order valence-corrected chi connectivity index (χ3v) is 6.88. The number of anilines is 1. The van der Waals surface area contributed by atoms with Gasteiger partial charge in [-0.1, -0.05) is 47.5 Å². The van der Waals surface area contributed by atoms with Crippen LogP contribution in [-0.2, 0) is 9.59 Å². The second kappa shape index (κ2) is 8.48. The number of carbonyl (C=O) groups is 2. The minimum atomic E-state index is -0.297. The van der Waals surface area contributed by atoms with E-state index in [0.29, 0.717) is 22.0 Å². The van der Waals surface area contributed by atoms with Gasteiger partial charge in [0.2, 0.25) is 0 Å². The number of carbonyl (C=O) groups excluding carboxylic acids is 2. The lowest BCUT2D eigenvalue weighted by Gasteiger charge is -2.36. The number of imide groups is 1. The van der Waals surface area contributed by atoms with E-state index < -0.39 is 0 Å². The van der Waals surface area contributed by atoms with Gasteiger partial charge in [0.1, 0.15) is 5.70 Å². The molecule has 0 radical (unpaired) electrons. The Balaban J connectivity index is 1.81. The van der Waals surface area contributed by atoms with Gasteiger partial charge in [-0.2, -0.15) is 0 Å². The number of rotatable bonds is 4. The van der Waals surface area contributed by atoms with Crippen molar-refractivity contribution in [2.45, 2.75) is 32.7 Å². The monoisotopic (exact) mass is 437 g/mol. The summed E-state index contributed by atoms with van der Waals surface area (Å²) in [7, 11) is 4.06. The first-order valence-electron chi connectivity index (χ1n) is 10.7. The number of nitrogens with zero attached hydrogens (tertiary/aromatic N) is 3. The highest BCUT2D eigenvalue weighted by Crippen LogP contribution is 2.38. The second-order valence-electron chi connectivity index (χ2n) is 8.56. The van der Waals surface area contributed by atoms with Crippen molar-refractivity contribution in [1.29, 1.82) is 0 Å². The summed E-state index contributed by atoms with van der Waals surface area (Å²) in [5, 5.41) is 0.534. The molecule has 2 aliphatic rings. The molecule has 0 atom stereocenters. The van der Waals surface area contributed by atoms with E-state index in [1.165, 1.54) is 4.90 Å². The molecule has 5 nitrogen and oxygen atoms in total. The number of likely N-dealkylation sites (tertiary alicyclic amines) is 1. The molecular formula is C25H28ClN3O2. The largest absolute Gasteiger partial charge is 0.366 e. The van der Waals surface area contributed by atoms with Crippen LogP contribution < -0.4 is 4.90 Å². The molecule has 0 aliphatic carbocycles. The van der Waals surface area contributed by atoms with Crippen molar-refractivity contribution in [3.05, 3.63) is 69.9 Å². The van der Waals surface area contributed by atoms with Gasteiger partial charge in [0.15, 0.2) is 0 Å². The van der Waals surface area contributed by atoms with E-state index >= 15 is 0 Å². The molecule has 31 heavy (non-hydrogen) atoms. The molecular weight excluding hydrogens is 410 g/mol. The van der Waals surface area contributed by atoms with Crippen LogP contribution in [0.3, 0.4) is 0 Å². The summed E-state index contributed by atoms with van der Waals surface area (Å²) >= 11 is 6.31. The average molecular weight is 438 g/mol. The van der Waals surface area contributed by atoms with Gasteiger partial charge in [-0.05, 0) is 70.1 Å². The summed E-state index contributed by atoms with van der Waals surface area (Å²) in [6.45, 7) is 5.79. The number of hydrogen-bond acceptors (Lipinski definition) is 4. The van der Waals surface area contributed by atoms with Crippen LogP contribution in [0, 0.1) is 13.8 Å². The quantitative estimate of drug-likeness (QED) is 0.670. The second-order valence-corrected chi connectivity index (χ2v) is 8.97. The van der Waals surface area contributed by atoms with Crippen molar-refractivity contribution in [2.24, 2.45) is 0 Å². The predicted molar refractivity (Wildman–Crippen MR) is 125 cm³/mol. The normalized spacial score (nSPS) is 18.3. The standard InChI is InChI=1S/C25H28ClN3O2/c1-16-8-10-18(11-9-16)22-23(28(4)19-12-14-27(3)15-13-19)25(31)29(24(22)30)21-7-5-6-20(26)17(21)2/h5-11,19H,12-15H2,1-4H3. The molecule has 0 spiro atoms. The van der Waals surface area contributed by atoms with E-state index in [1.54, 1.807) is 18.2 Å². The van der Waals surface area contributed by atoms with Crippen LogP contribution >= 0.6 is 11.6 Å². The van der Waals surface area contributed by atoms with E-state index in [9.17, 15) is 9.59 Å². The zero-order chi connectivity index (χ0) is 22.3. The number of piperidine rings is 1. The van der Waals surface area contributed by atoms with Gasteiger partial charge < -0.3 is 9.80 Å². The Morgan fingerprint density at radius 3 is 2.26 bits per heavy atom.